The summed E-state index contributed by atoms with van der Waals surface area (Å²) in [5.41, 5.74) is 0.550. The van der Waals surface area contributed by atoms with Gasteiger partial charge in [0.15, 0.2) is 0 Å². The average molecular weight is 257 g/mol. The smallest absolute Gasteiger partial charge is 0.131 e. The van der Waals surface area contributed by atoms with Gasteiger partial charge in [0.05, 0.1) is 5.56 Å². The van der Waals surface area contributed by atoms with E-state index < -0.39 is 0 Å². The fourth-order valence-corrected chi connectivity index (χ4v) is 3.00. The molecule has 0 N–H and O–H groups in total. The molecule has 0 aliphatic heterocycles. The zero-order valence-electron chi connectivity index (χ0n) is 12.0. The molecule has 0 radical (unpaired) electrons. The molecule has 1 aromatic rings. The maximum absolute atomic E-state index is 8.75. The van der Waals surface area contributed by atoms with Crippen molar-refractivity contribution < 1.29 is 0 Å². The second-order valence-corrected chi connectivity index (χ2v) is 5.91. The molecule has 0 saturated heterocycles. The maximum Gasteiger partial charge on any atom is 0.131 e. The van der Waals surface area contributed by atoms with Crippen LogP contribution >= 0.6 is 0 Å². The summed E-state index contributed by atoms with van der Waals surface area (Å²) in [6, 6.07) is 2.07. The van der Waals surface area contributed by atoms with E-state index in [1.807, 2.05) is 0 Å². The molecule has 2 rings (SSSR count). The molecule has 3 nitrogen and oxygen atoms in total. The predicted molar refractivity (Wildman–Crippen MR) is 75.5 cm³/mol. The lowest BCUT2D eigenvalue weighted by Gasteiger charge is -2.29. The van der Waals surface area contributed by atoms with Crippen LogP contribution in [0.25, 0.3) is 0 Å². The lowest BCUT2D eigenvalue weighted by molar-refractivity contribution is 0.269. The van der Waals surface area contributed by atoms with E-state index in [4.69, 9.17) is 5.26 Å². The lowest BCUT2D eigenvalue weighted by atomic mass is 9.77. The number of hydrogen-bond donors (Lipinski definition) is 0. The Morgan fingerprint density at radius 2 is 1.89 bits per heavy atom. The molecule has 0 aromatic carbocycles. The summed E-state index contributed by atoms with van der Waals surface area (Å²) in [6.07, 6.45) is 11.0. The molecule has 1 heterocycles. The van der Waals surface area contributed by atoms with Gasteiger partial charge in [0.1, 0.15) is 11.9 Å². The van der Waals surface area contributed by atoms with Gasteiger partial charge in [0, 0.05) is 18.3 Å². The van der Waals surface area contributed by atoms with Crippen molar-refractivity contribution in [3.05, 3.63) is 23.8 Å². The molecule has 1 aliphatic carbocycles. The Labute approximate surface area is 116 Å². The lowest BCUT2D eigenvalue weighted by Crippen LogP contribution is -2.17. The molecular weight excluding hydrogens is 234 g/mol. The first-order chi connectivity index (χ1) is 9.22. The minimum absolute atomic E-state index is 0.501. The van der Waals surface area contributed by atoms with Crippen molar-refractivity contribution in [3.63, 3.8) is 0 Å². The van der Waals surface area contributed by atoms with E-state index in [9.17, 15) is 0 Å². The van der Waals surface area contributed by atoms with Crippen LogP contribution in [-0.2, 0) is 0 Å². The van der Waals surface area contributed by atoms with E-state index in [0.29, 0.717) is 11.5 Å². The van der Waals surface area contributed by atoms with Crippen LogP contribution in [-0.4, -0.2) is 9.97 Å². The third-order valence-electron chi connectivity index (χ3n) is 4.45. The zero-order valence-corrected chi connectivity index (χ0v) is 12.0. The monoisotopic (exact) mass is 257 g/mol. The van der Waals surface area contributed by atoms with Crippen molar-refractivity contribution in [3.8, 4) is 6.07 Å². The van der Waals surface area contributed by atoms with Crippen molar-refractivity contribution in [1.82, 2.24) is 9.97 Å². The molecule has 1 aromatic heterocycles. The van der Waals surface area contributed by atoms with Crippen LogP contribution < -0.4 is 0 Å². The van der Waals surface area contributed by atoms with Gasteiger partial charge in [-0.05, 0) is 43.9 Å². The normalized spacial score (nSPS) is 24.7. The molecule has 0 bridgehead atoms. The number of rotatable bonds is 4. The van der Waals surface area contributed by atoms with E-state index >= 15 is 0 Å². The fourth-order valence-electron chi connectivity index (χ4n) is 3.00. The third kappa shape index (κ3) is 3.76. The SMILES string of the molecule is CCC(C)C[C@H]1CC[C@H](c2ncc(C#N)cn2)CC1. The summed E-state index contributed by atoms with van der Waals surface area (Å²) in [5, 5.41) is 8.75. The van der Waals surface area contributed by atoms with Crippen LogP contribution in [0.3, 0.4) is 0 Å². The predicted octanol–water partition coefficient (Wildman–Crippen LogP) is 4.06. The average Bonchev–Trinajstić information content (AvgIpc) is 2.48. The molecule has 0 amide bonds. The van der Waals surface area contributed by atoms with Crippen molar-refractivity contribution >= 4 is 0 Å². The molecule has 0 spiro atoms. The first-order valence-electron chi connectivity index (χ1n) is 7.45. The largest absolute Gasteiger partial charge is 0.240 e. The third-order valence-corrected chi connectivity index (χ3v) is 4.45. The minimum Gasteiger partial charge on any atom is -0.240 e. The van der Waals surface area contributed by atoms with Crippen LogP contribution in [0.2, 0.25) is 0 Å². The second-order valence-electron chi connectivity index (χ2n) is 5.91. The quantitative estimate of drug-likeness (QED) is 0.817. The van der Waals surface area contributed by atoms with Gasteiger partial charge in [0.25, 0.3) is 0 Å². The minimum atomic E-state index is 0.501. The van der Waals surface area contributed by atoms with Gasteiger partial charge < -0.3 is 0 Å². The topological polar surface area (TPSA) is 49.6 Å². The van der Waals surface area contributed by atoms with Gasteiger partial charge in [0.2, 0.25) is 0 Å². The van der Waals surface area contributed by atoms with Crippen LogP contribution in [0.4, 0.5) is 0 Å². The molecule has 3 heteroatoms. The maximum atomic E-state index is 8.75. The van der Waals surface area contributed by atoms with E-state index in [0.717, 1.165) is 17.7 Å². The van der Waals surface area contributed by atoms with Crippen molar-refractivity contribution in [2.45, 2.75) is 58.3 Å². The molecule has 1 fully saturated rings. The Bertz CT molecular complexity index is 424. The van der Waals surface area contributed by atoms with E-state index in [2.05, 4.69) is 29.9 Å². The second kappa shape index (κ2) is 6.65. The molecular formula is C16H23N3. The Morgan fingerprint density at radius 1 is 1.26 bits per heavy atom. The van der Waals surface area contributed by atoms with Gasteiger partial charge in [-0.2, -0.15) is 5.26 Å². The summed E-state index contributed by atoms with van der Waals surface area (Å²) in [5.74, 6) is 3.18. The van der Waals surface area contributed by atoms with Crippen molar-refractivity contribution in [2.75, 3.05) is 0 Å². The fraction of sp³-hybridized carbons (Fsp3) is 0.688. The highest BCUT2D eigenvalue weighted by Crippen LogP contribution is 2.37. The first-order valence-corrected chi connectivity index (χ1v) is 7.45. The van der Waals surface area contributed by atoms with E-state index in [1.165, 1.54) is 38.5 Å². The molecule has 1 aliphatic rings. The summed E-state index contributed by atoms with van der Waals surface area (Å²) in [6.45, 7) is 4.64. The van der Waals surface area contributed by atoms with Crippen molar-refractivity contribution in [2.24, 2.45) is 11.8 Å². The number of aromatic nitrogens is 2. The molecule has 1 atom stereocenters. The Hall–Kier alpha value is -1.43. The van der Waals surface area contributed by atoms with E-state index in [-0.39, 0.29) is 0 Å². The molecule has 19 heavy (non-hydrogen) atoms. The van der Waals surface area contributed by atoms with Crippen LogP contribution in [0.15, 0.2) is 12.4 Å². The number of nitrogens with zero attached hydrogens (tertiary/aromatic N) is 3. The summed E-state index contributed by atoms with van der Waals surface area (Å²) in [4.78, 5) is 8.68. The van der Waals surface area contributed by atoms with Gasteiger partial charge >= 0.3 is 0 Å². The molecule has 102 valence electrons. The van der Waals surface area contributed by atoms with Gasteiger partial charge in [-0.25, -0.2) is 9.97 Å². The Balaban J connectivity index is 1.87. The molecule has 1 unspecified atom stereocenters. The van der Waals surface area contributed by atoms with Crippen LogP contribution in [0.5, 0.6) is 0 Å². The van der Waals surface area contributed by atoms with Crippen molar-refractivity contribution in [1.29, 1.82) is 5.26 Å². The Kier molecular flexibility index (Phi) is 4.90. The van der Waals surface area contributed by atoms with Crippen LogP contribution in [0.1, 0.15) is 69.7 Å². The number of hydrogen-bond acceptors (Lipinski definition) is 3. The summed E-state index contributed by atoms with van der Waals surface area (Å²) >= 11 is 0. The van der Waals surface area contributed by atoms with Gasteiger partial charge in [-0.1, -0.05) is 20.3 Å². The van der Waals surface area contributed by atoms with E-state index in [1.54, 1.807) is 12.4 Å². The standard InChI is InChI=1S/C16H23N3/c1-3-12(2)8-13-4-6-15(7-5-13)16-18-10-14(9-17)11-19-16/h10-13,15H,3-8H2,1-2H3/t12?,13-,15-. The summed E-state index contributed by atoms with van der Waals surface area (Å²) in [7, 11) is 0. The molecule has 1 saturated carbocycles. The zero-order chi connectivity index (χ0) is 13.7. The first kappa shape index (κ1) is 14.0. The Morgan fingerprint density at radius 3 is 2.42 bits per heavy atom. The van der Waals surface area contributed by atoms with Crippen LogP contribution in [0, 0.1) is 23.2 Å². The highest BCUT2D eigenvalue weighted by molar-refractivity contribution is 5.22. The highest BCUT2D eigenvalue weighted by atomic mass is 14.9. The highest BCUT2D eigenvalue weighted by Gasteiger charge is 2.24. The van der Waals surface area contributed by atoms with Gasteiger partial charge in [-0.15, -0.1) is 0 Å². The number of nitriles is 1. The summed E-state index contributed by atoms with van der Waals surface area (Å²) < 4.78 is 0. The van der Waals surface area contributed by atoms with Gasteiger partial charge in [-0.3, -0.25) is 0 Å².